The summed E-state index contributed by atoms with van der Waals surface area (Å²) in [4.78, 5) is 0. The lowest BCUT2D eigenvalue weighted by molar-refractivity contribution is 0.449. The van der Waals surface area contributed by atoms with Crippen molar-refractivity contribution in [2.45, 2.75) is 0 Å². The van der Waals surface area contributed by atoms with Crippen molar-refractivity contribution in [1.82, 2.24) is 10.2 Å². The van der Waals surface area contributed by atoms with Crippen LogP contribution in [0.5, 0.6) is 0 Å². The maximum atomic E-state index is 13.8. The molecule has 6 heteroatoms. The highest BCUT2D eigenvalue weighted by Gasteiger charge is 2.19. The number of fused-ring (bicyclic) bond motifs is 1. The van der Waals surface area contributed by atoms with Crippen LogP contribution >= 0.6 is 0 Å². The van der Waals surface area contributed by atoms with Gasteiger partial charge in [0.25, 0.3) is 0 Å². The smallest absolute Gasteiger partial charge is 0.195 e. The second-order valence-electron chi connectivity index (χ2n) is 4.06. The van der Waals surface area contributed by atoms with Crippen molar-refractivity contribution in [3.63, 3.8) is 0 Å². The van der Waals surface area contributed by atoms with Crippen LogP contribution < -0.4 is 5.73 Å². The van der Waals surface area contributed by atoms with E-state index in [4.69, 9.17) is 5.73 Å². The van der Waals surface area contributed by atoms with Gasteiger partial charge in [0, 0.05) is 11.3 Å². The average molecular weight is 263 g/mol. The highest BCUT2D eigenvalue weighted by Crippen LogP contribution is 2.33. The van der Waals surface area contributed by atoms with E-state index in [9.17, 15) is 13.2 Å². The number of hydrogen-bond acceptors (Lipinski definition) is 2. The first-order valence-electron chi connectivity index (χ1n) is 5.46. The Kier molecular flexibility index (Phi) is 2.45. The number of H-pyrrole nitrogens is 1. The third-order valence-corrected chi connectivity index (χ3v) is 2.91. The number of nitrogens with one attached hydrogen (secondary N) is 1. The molecule has 0 aliphatic heterocycles. The lowest BCUT2D eigenvalue weighted by Gasteiger charge is -2.03. The monoisotopic (exact) mass is 263 g/mol. The molecule has 3 aromatic rings. The number of hydrogen-bond donors (Lipinski definition) is 2. The molecule has 1 heterocycles. The van der Waals surface area contributed by atoms with Gasteiger partial charge in [-0.3, -0.25) is 5.10 Å². The Balaban J connectivity index is 2.34. The van der Waals surface area contributed by atoms with E-state index >= 15 is 0 Å². The molecule has 0 amide bonds. The lowest BCUT2D eigenvalue weighted by atomic mass is 10.1. The van der Waals surface area contributed by atoms with Crippen LogP contribution in [0.2, 0.25) is 0 Å². The fourth-order valence-electron chi connectivity index (χ4n) is 2.00. The van der Waals surface area contributed by atoms with Gasteiger partial charge in [-0.15, -0.1) is 0 Å². The standard InChI is InChI=1S/C13H8F3N3/c14-7-5-4-6(11(15)12(7)16)13-10-8(17)2-1-3-9(10)18-19-13/h1-5H,17H2,(H,18,19). The van der Waals surface area contributed by atoms with Crippen molar-refractivity contribution >= 4 is 16.6 Å². The van der Waals surface area contributed by atoms with E-state index in [0.29, 0.717) is 16.6 Å². The fraction of sp³-hybridized carbons (Fsp3) is 0. The Labute approximate surface area is 105 Å². The van der Waals surface area contributed by atoms with E-state index in [-0.39, 0.29) is 11.3 Å². The van der Waals surface area contributed by atoms with Gasteiger partial charge in [0.1, 0.15) is 5.69 Å². The third-order valence-electron chi connectivity index (χ3n) is 2.91. The van der Waals surface area contributed by atoms with Crippen LogP contribution in [-0.2, 0) is 0 Å². The molecule has 0 atom stereocenters. The topological polar surface area (TPSA) is 54.7 Å². The molecule has 0 aliphatic carbocycles. The summed E-state index contributed by atoms with van der Waals surface area (Å²) in [5.74, 6) is -4.05. The summed E-state index contributed by atoms with van der Waals surface area (Å²) < 4.78 is 40.0. The summed E-state index contributed by atoms with van der Waals surface area (Å²) >= 11 is 0. The molecule has 3 nitrogen and oxygen atoms in total. The van der Waals surface area contributed by atoms with E-state index < -0.39 is 17.5 Å². The number of halogens is 3. The Morgan fingerprint density at radius 2 is 1.79 bits per heavy atom. The van der Waals surface area contributed by atoms with Crippen molar-refractivity contribution in [2.75, 3.05) is 5.73 Å². The molecule has 0 unspecified atom stereocenters. The summed E-state index contributed by atoms with van der Waals surface area (Å²) in [6.07, 6.45) is 0. The largest absolute Gasteiger partial charge is 0.398 e. The van der Waals surface area contributed by atoms with Gasteiger partial charge in [-0.25, -0.2) is 13.2 Å². The van der Waals surface area contributed by atoms with Gasteiger partial charge in [-0.2, -0.15) is 5.10 Å². The summed E-state index contributed by atoms with van der Waals surface area (Å²) in [6.45, 7) is 0. The van der Waals surface area contributed by atoms with Crippen LogP contribution in [-0.4, -0.2) is 10.2 Å². The predicted molar refractivity (Wildman–Crippen MR) is 65.8 cm³/mol. The van der Waals surface area contributed by atoms with Gasteiger partial charge in [0.05, 0.1) is 10.9 Å². The van der Waals surface area contributed by atoms with Crippen molar-refractivity contribution in [2.24, 2.45) is 0 Å². The number of aromatic nitrogens is 2. The van der Waals surface area contributed by atoms with Gasteiger partial charge in [-0.1, -0.05) is 6.07 Å². The number of nitrogens with two attached hydrogens (primary N) is 1. The number of nitrogens with zero attached hydrogens (tertiary/aromatic N) is 1. The maximum absolute atomic E-state index is 13.8. The van der Waals surface area contributed by atoms with Gasteiger partial charge >= 0.3 is 0 Å². The van der Waals surface area contributed by atoms with Crippen LogP contribution in [0.25, 0.3) is 22.2 Å². The SMILES string of the molecule is Nc1cccc2[nH]nc(-c3ccc(F)c(F)c3F)c12. The first kappa shape index (κ1) is 11.6. The van der Waals surface area contributed by atoms with Crippen LogP contribution in [0.15, 0.2) is 30.3 Å². The van der Waals surface area contributed by atoms with Gasteiger partial charge in [-0.05, 0) is 24.3 Å². The highest BCUT2D eigenvalue weighted by molar-refractivity contribution is 6.01. The van der Waals surface area contributed by atoms with Gasteiger partial charge in [0.2, 0.25) is 0 Å². The van der Waals surface area contributed by atoms with Crippen LogP contribution in [0.1, 0.15) is 0 Å². The first-order chi connectivity index (χ1) is 9.09. The molecular formula is C13H8F3N3. The van der Waals surface area contributed by atoms with Gasteiger partial charge < -0.3 is 5.73 Å². The Morgan fingerprint density at radius 1 is 1.00 bits per heavy atom. The molecule has 2 aromatic carbocycles. The fourth-order valence-corrected chi connectivity index (χ4v) is 2.00. The summed E-state index contributed by atoms with van der Waals surface area (Å²) in [6, 6.07) is 7.03. The second kappa shape index (κ2) is 4.01. The summed E-state index contributed by atoms with van der Waals surface area (Å²) in [5.41, 5.74) is 6.80. The van der Waals surface area contributed by atoms with Crippen LogP contribution in [0.3, 0.4) is 0 Å². The summed E-state index contributed by atoms with van der Waals surface area (Å²) in [7, 11) is 0. The van der Waals surface area contributed by atoms with Crippen molar-refractivity contribution in [3.05, 3.63) is 47.8 Å². The normalized spacial score (nSPS) is 11.1. The minimum absolute atomic E-state index is 0.136. The Hall–Kier alpha value is -2.50. The van der Waals surface area contributed by atoms with Crippen LogP contribution in [0.4, 0.5) is 18.9 Å². The lowest BCUT2D eigenvalue weighted by Crippen LogP contribution is -1.95. The predicted octanol–water partition coefficient (Wildman–Crippen LogP) is 3.23. The summed E-state index contributed by atoms with van der Waals surface area (Å²) in [5, 5.41) is 7.08. The van der Waals surface area contributed by atoms with E-state index in [1.807, 2.05) is 0 Å². The number of aromatic amines is 1. The number of nitrogen functional groups attached to an aromatic ring is 1. The molecule has 0 aliphatic rings. The van der Waals surface area contributed by atoms with Crippen molar-refractivity contribution < 1.29 is 13.2 Å². The van der Waals surface area contributed by atoms with E-state index in [1.54, 1.807) is 18.2 Å². The zero-order valence-electron chi connectivity index (χ0n) is 9.55. The molecule has 0 fully saturated rings. The highest BCUT2D eigenvalue weighted by atomic mass is 19.2. The minimum atomic E-state index is -1.52. The molecule has 96 valence electrons. The quantitative estimate of drug-likeness (QED) is 0.523. The van der Waals surface area contributed by atoms with Gasteiger partial charge in [0.15, 0.2) is 17.5 Å². The van der Waals surface area contributed by atoms with E-state index in [0.717, 1.165) is 12.1 Å². The average Bonchev–Trinajstić information content (AvgIpc) is 2.82. The molecule has 0 spiro atoms. The Bertz CT molecular complexity index is 780. The first-order valence-corrected chi connectivity index (χ1v) is 5.46. The molecule has 3 N–H and O–H groups in total. The molecule has 0 radical (unpaired) electrons. The third kappa shape index (κ3) is 1.64. The minimum Gasteiger partial charge on any atom is -0.398 e. The van der Waals surface area contributed by atoms with Crippen LogP contribution in [0, 0.1) is 17.5 Å². The number of rotatable bonds is 1. The maximum Gasteiger partial charge on any atom is 0.195 e. The second-order valence-corrected chi connectivity index (χ2v) is 4.06. The number of benzene rings is 2. The molecule has 0 saturated carbocycles. The molecule has 1 aromatic heterocycles. The zero-order valence-corrected chi connectivity index (χ0v) is 9.55. The van der Waals surface area contributed by atoms with E-state index in [2.05, 4.69) is 10.2 Å². The molecular weight excluding hydrogens is 255 g/mol. The molecule has 19 heavy (non-hydrogen) atoms. The molecule has 3 rings (SSSR count). The number of anilines is 1. The van der Waals surface area contributed by atoms with Crippen molar-refractivity contribution in [1.29, 1.82) is 0 Å². The zero-order chi connectivity index (χ0) is 13.6. The molecule has 0 bridgehead atoms. The molecule has 0 saturated heterocycles. The van der Waals surface area contributed by atoms with Crippen molar-refractivity contribution in [3.8, 4) is 11.3 Å². The van der Waals surface area contributed by atoms with E-state index in [1.165, 1.54) is 0 Å². The Morgan fingerprint density at radius 3 is 2.58 bits per heavy atom.